The lowest BCUT2D eigenvalue weighted by atomic mass is 9.94. The minimum atomic E-state index is -3.74. The summed E-state index contributed by atoms with van der Waals surface area (Å²) in [5, 5.41) is 6.01. The zero-order valence-electron chi connectivity index (χ0n) is 10.7. The maximum Gasteiger partial charge on any atom is 0.306 e. The van der Waals surface area contributed by atoms with E-state index in [2.05, 4.69) is 8.58 Å². The van der Waals surface area contributed by atoms with Crippen molar-refractivity contribution < 1.29 is 10.9 Å². The van der Waals surface area contributed by atoms with Gasteiger partial charge in [-0.05, 0) is 33.0 Å². The Bertz CT molecular complexity index is 1070. The molecule has 0 spiro atoms. The van der Waals surface area contributed by atoms with E-state index in [9.17, 15) is 8.42 Å². The Morgan fingerprint density at radius 3 is 2.00 bits per heavy atom. The van der Waals surface area contributed by atoms with Gasteiger partial charge in [0.2, 0.25) is 0 Å². The van der Waals surface area contributed by atoms with Crippen LogP contribution in [0.2, 0.25) is 0 Å². The molecule has 3 nitrogen and oxygen atoms in total. The van der Waals surface area contributed by atoms with Crippen LogP contribution < -0.4 is 0 Å². The van der Waals surface area contributed by atoms with E-state index in [1.165, 1.54) is 23.0 Å². The molecule has 0 saturated carbocycles. The molecular formula is C16H9IO3S. The molecule has 0 fully saturated rings. The van der Waals surface area contributed by atoms with Gasteiger partial charge in [0.25, 0.3) is 0 Å². The number of benzene rings is 4. The van der Waals surface area contributed by atoms with Gasteiger partial charge >= 0.3 is 10.1 Å². The van der Waals surface area contributed by atoms with Crippen LogP contribution in [0.3, 0.4) is 0 Å². The van der Waals surface area contributed by atoms with Gasteiger partial charge in [0.15, 0.2) is 0 Å². The SMILES string of the molecule is O=S(=O)(OI)c1ccc2ccc3cccc4ccc1c2c34. The molecule has 5 heteroatoms. The smallest absolute Gasteiger partial charge is 0.195 e. The number of hydrogen-bond acceptors (Lipinski definition) is 3. The summed E-state index contributed by atoms with van der Waals surface area (Å²) in [6.45, 7) is 0. The Kier molecular flexibility index (Phi) is 2.85. The van der Waals surface area contributed by atoms with Gasteiger partial charge in [-0.3, -0.25) is 0 Å². The lowest BCUT2D eigenvalue weighted by molar-refractivity contribution is 0.537. The van der Waals surface area contributed by atoms with Gasteiger partial charge < -0.3 is 0 Å². The van der Waals surface area contributed by atoms with E-state index in [1.54, 1.807) is 6.07 Å². The van der Waals surface area contributed by atoms with E-state index in [4.69, 9.17) is 0 Å². The van der Waals surface area contributed by atoms with Crippen molar-refractivity contribution in [3.05, 3.63) is 54.6 Å². The van der Waals surface area contributed by atoms with E-state index in [-0.39, 0.29) is 4.90 Å². The van der Waals surface area contributed by atoms with Gasteiger partial charge in [0, 0.05) is 5.39 Å². The molecule has 4 aromatic carbocycles. The molecule has 0 aliphatic carbocycles. The van der Waals surface area contributed by atoms with Crippen molar-refractivity contribution in [2.45, 2.75) is 4.90 Å². The van der Waals surface area contributed by atoms with Gasteiger partial charge in [0.05, 0.1) is 0 Å². The van der Waals surface area contributed by atoms with E-state index in [1.807, 2.05) is 42.5 Å². The van der Waals surface area contributed by atoms with Crippen molar-refractivity contribution in [1.82, 2.24) is 0 Å². The molecule has 0 heterocycles. The standard InChI is InChI=1S/C16H9IO3S/c17-20-21(18,19)14-9-7-12-5-4-10-2-1-3-11-6-8-13(14)16(12)15(10)11/h1-9H. The molecule has 104 valence electrons. The topological polar surface area (TPSA) is 43.4 Å². The summed E-state index contributed by atoms with van der Waals surface area (Å²) in [7, 11) is -3.74. The Balaban J connectivity index is 2.32. The van der Waals surface area contributed by atoms with Crippen LogP contribution >= 0.6 is 23.0 Å². The third kappa shape index (κ3) is 1.84. The van der Waals surface area contributed by atoms with Crippen LogP contribution in [0, 0.1) is 0 Å². The monoisotopic (exact) mass is 408 g/mol. The fourth-order valence-electron chi connectivity index (χ4n) is 2.96. The lowest BCUT2D eigenvalue weighted by Crippen LogP contribution is -2.01. The first-order valence-electron chi connectivity index (χ1n) is 6.33. The second-order valence-electron chi connectivity index (χ2n) is 4.94. The third-order valence-corrected chi connectivity index (χ3v) is 6.32. The molecule has 0 unspecified atom stereocenters. The lowest BCUT2D eigenvalue weighted by Gasteiger charge is -2.12. The Morgan fingerprint density at radius 1 is 0.762 bits per heavy atom. The third-order valence-electron chi connectivity index (χ3n) is 3.84. The number of rotatable bonds is 2. The van der Waals surface area contributed by atoms with Crippen LogP contribution in [-0.4, -0.2) is 8.42 Å². The normalized spacial score (nSPS) is 12.6. The first-order valence-corrected chi connectivity index (χ1v) is 8.62. The van der Waals surface area contributed by atoms with Crippen LogP contribution in [0.4, 0.5) is 0 Å². The highest BCUT2D eigenvalue weighted by atomic mass is 127. The fraction of sp³-hybridized carbons (Fsp3) is 0. The maximum absolute atomic E-state index is 12.1. The highest BCUT2D eigenvalue weighted by Gasteiger charge is 2.20. The summed E-state index contributed by atoms with van der Waals surface area (Å²) in [4.78, 5) is 0.211. The quantitative estimate of drug-likeness (QED) is 0.359. The fourth-order valence-corrected chi connectivity index (χ4v) is 4.28. The number of hydrogen-bond donors (Lipinski definition) is 0. The summed E-state index contributed by atoms with van der Waals surface area (Å²) >= 11 is 1.41. The van der Waals surface area contributed by atoms with Crippen molar-refractivity contribution >= 4 is 65.4 Å². The highest BCUT2D eigenvalue weighted by molar-refractivity contribution is 14.1. The predicted molar refractivity (Wildman–Crippen MR) is 92.4 cm³/mol. The van der Waals surface area contributed by atoms with E-state index < -0.39 is 10.1 Å². The molecule has 0 aromatic heterocycles. The largest absolute Gasteiger partial charge is 0.306 e. The summed E-state index contributed by atoms with van der Waals surface area (Å²) < 4.78 is 28.9. The molecule has 4 aromatic rings. The average molecular weight is 408 g/mol. The molecule has 0 aliphatic rings. The van der Waals surface area contributed by atoms with Crippen LogP contribution in [0.25, 0.3) is 32.3 Å². The number of halogens is 1. The molecule has 0 atom stereocenters. The molecule has 0 aliphatic heterocycles. The highest BCUT2D eigenvalue weighted by Crippen LogP contribution is 2.37. The van der Waals surface area contributed by atoms with Crippen molar-refractivity contribution in [2.24, 2.45) is 0 Å². The first kappa shape index (κ1) is 13.2. The Hall–Kier alpha value is -1.44. The molecule has 0 N–H and O–H groups in total. The molecular weight excluding hydrogens is 399 g/mol. The van der Waals surface area contributed by atoms with Gasteiger partial charge in [-0.2, -0.15) is 10.9 Å². The van der Waals surface area contributed by atoms with Gasteiger partial charge in [-0.25, -0.2) is 0 Å². The maximum atomic E-state index is 12.1. The summed E-state index contributed by atoms with van der Waals surface area (Å²) in [6, 6.07) is 17.4. The van der Waals surface area contributed by atoms with E-state index in [0.29, 0.717) is 5.39 Å². The molecule has 0 radical (unpaired) electrons. The Morgan fingerprint density at radius 2 is 1.33 bits per heavy atom. The molecule has 0 bridgehead atoms. The van der Waals surface area contributed by atoms with Crippen LogP contribution in [0.1, 0.15) is 0 Å². The zero-order valence-corrected chi connectivity index (χ0v) is 13.7. The molecule has 0 amide bonds. The van der Waals surface area contributed by atoms with E-state index >= 15 is 0 Å². The van der Waals surface area contributed by atoms with Crippen molar-refractivity contribution in [3.63, 3.8) is 0 Å². The van der Waals surface area contributed by atoms with Crippen LogP contribution in [-0.2, 0) is 12.6 Å². The van der Waals surface area contributed by atoms with Crippen LogP contribution in [0.5, 0.6) is 0 Å². The average Bonchev–Trinajstić information content (AvgIpc) is 2.52. The van der Waals surface area contributed by atoms with Crippen molar-refractivity contribution in [3.8, 4) is 0 Å². The minimum Gasteiger partial charge on any atom is -0.195 e. The summed E-state index contributed by atoms with van der Waals surface area (Å²) in [5.74, 6) is 0. The van der Waals surface area contributed by atoms with Crippen LogP contribution in [0.15, 0.2) is 59.5 Å². The predicted octanol–water partition coefficient (Wildman–Crippen LogP) is 4.64. The minimum absolute atomic E-state index is 0.211. The molecule has 4 rings (SSSR count). The summed E-state index contributed by atoms with van der Waals surface area (Å²) in [5.41, 5.74) is 0. The van der Waals surface area contributed by atoms with Gasteiger partial charge in [-0.15, -0.1) is 0 Å². The van der Waals surface area contributed by atoms with Crippen molar-refractivity contribution in [1.29, 1.82) is 0 Å². The van der Waals surface area contributed by atoms with E-state index in [0.717, 1.165) is 26.9 Å². The first-order chi connectivity index (χ1) is 10.1. The molecule has 0 saturated heterocycles. The zero-order chi connectivity index (χ0) is 14.6. The second-order valence-corrected chi connectivity index (χ2v) is 7.49. The van der Waals surface area contributed by atoms with Crippen molar-refractivity contribution in [2.75, 3.05) is 0 Å². The van der Waals surface area contributed by atoms with Gasteiger partial charge in [0.1, 0.15) is 27.9 Å². The Labute approximate surface area is 135 Å². The molecule has 21 heavy (non-hydrogen) atoms. The van der Waals surface area contributed by atoms with Gasteiger partial charge in [-0.1, -0.05) is 48.5 Å². The summed E-state index contributed by atoms with van der Waals surface area (Å²) in [6.07, 6.45) is 0. The second kappa shape index (κ2) is 4.53.